The first-order valence-corrected chi connectivity index (χ1v) is 14.4. The Balaban J connectivity index is 1.36. The molecule has 2 amide bonds. The van der Waals surface area contributed by atoms with Crippen LogP contribution in [0.3, 0.4) is 0 Å². The Morgan fingerprint density at radius 1 is 0.902 bits per heavy atom. The van der Waals surface area contributed by atoms with E-state index < -0.39 is 35.7 Å². The molecule has 2 saturated carbocycles. The molecule has 3 aromatic rings. The number of nitrogens with one attached hydrogen (secondary N) is 2. The molecular weight excluding hydrogens is 516 g/mol. The number of hydrogen-bond acceptors (Lipinski definition) is 5. The Bertz CT molecular complexity index is 1420. The summed E-state index contributed by atoms with van der Waals surface area (Å²) < 4.78 is 0. The number of phenolic OH excluding ortho intramolecular Hbond substituents is 1. The predicted octanol–water partition coefficient (Wildman–Crippen LogP) is 4.26. The van der Waals surface area contributed by atoms with E-state index in [1.54, 1.807) is 19.1 Å². The van der Waals surface area contributed by atoms with Crippen LogP contribution in [0.1, 0.15) is 51.9 Å². The lowest BCUT2D eigenvalue weighted by Gasteiger charge is -2.34. The molecule has 2 bridgehead atoms. The summed E-state index contributed by atoms with van der Waals surface area (Å²) >= 11 is 0. The second-order valence-corrected chi connectivity index (χ2v) is 11.6. The van der Waals surface area contributed by atoms with E-state index in [0.29, 0.717) is 12.1 Å². The summed E-state index contributed by atoms with van der Waals surface area (Å²) in [6, 6.07) is 20.9. The molecule has 3 aromatic carbocycles. The first-order chi connectivity index (χ1) is 19.7. The molecule has 2 fully saturated rings. The van der Waals surface area contributed by atoms with Crippen molar-refractivity contribution in [2.75, 3.05) is 0 Å². The third-order valence-electron chi connectivity index (χ3n) is 9.14. The van der Waals surface area contributed by atoms with Gasteiger partial charge in [-0.15, -0.1) is 0 Å². The second kappa shape index (κ2) is 12.3. The fraction of sp³-hybridized carbons (Fsp3) is 0.382. The Hall–Kier alpha value is -3.97. The third kappa shape index (κ3) is 6.05. The maximum atomic E-state index is 14.0. The van der Waals surface area contributed by atoms with Gasteiger partial charge in [0.05, 0.1) is 6.04 Å². The molecule has 0 radical (unpaired) electrons. The minimum Gasteiger partial charge on any atom is -0.508 e. The van der Waals surface area contributed by atoms with Crippen molar-refractivity contribution in [1.29, 1.82) is 0 Å². The van der Waals surface area contributed by atoms with Crippen LogP contribution in [0, 0.1) is 37.5 Å². The summed E-state index contributed by atoms with van der Waals surface area (Å²) in [5.41, 5.74) is 3.64. The second-order valence-electron chi connectivity index (χ2n) is 11.6. The van der Waals surface area contributed by atoms with Gasteiger partial charge in [0.1, 0.15) is 11.9 Å². The number of aliphatic hydroxyl groups is 1. The molecule has 5 rings (SSSR count). The van der Waals surface area contributed by atoms with Crippen LogP contribution >= 0.6 is 0 Å². The van der Waals surface area contributed by atoms with Gasteiger partial charge in [-0.1, -0.05) is 60.7 Å². The number of carbonyl (C=O) groups excluding carboxylic acids is 3. The number of hydrogen-bond donors (Lipinski definition) is 4. The van der Waals surface area contributed by atoms with Gasteiger partial charge in [-0.05, 0) is 80.2 Å². The number of benzene rings is 3. The van der Waals surface area contributed by atoms with Crippen LogP contribution in [0.25, 0.3) is 0 Å². The van der Waals surface area contributed by atoms with Crippen LogP contribution in [0.4, 0.5) is 0 Å². The normalized spacial score (nSPS) is 22.6. The maximum absolute atomic E-state index is 14.0. The number of rotatable bonds is 10. The molecule has 41 heavy (non-hydrogen) atoms. The topological polar surface area (TPSA) is 116 Å². The van der Waals surface area contributed by atoms with Gasteiger partial charge >= 0.3 is 0 Å². The van der Waals surface area contributed by atoms with Crippen molar-refractivity contribution < 1.29 is 24.6 Å². The molecule has 7 heteroatoms. The fourth-order valence-corrected chi connectivity index (χ4v) is 6.86. The number of fused-ring (bicyclic) bond motifs is 2. The zero-order valence-electron chi connectivity index (χ0n) is 23.5. The molecule has 0 heterocycles. The smallest absolute Gasteiger partial charge is 0.252 e. The number of Topliss-reactive ketones (excluding diaryl/α,β-unsaturated/α-hetero) is 1. The fourth-order valence-electron chi connectivity index (χ4n) is 6.86. The van der Waals surface area contributed by atoms with Crippen LogP contribution in [0.5, 0.6) is 5.75 Å². The van der Waals surface area contributed by atoms with Crippen molar-refractivity contribution >= 4 is 17.6 Å². The molecule has 6 atom stereocenters. The Kier molecular flexibility index (Phi) is 8.54. The van der Waals surface area contributed by atoms with E-state index in [0.717, 1.165) is 36.0 Å². The lowest BCUT2D eigenvalue weighted by Crippen LogP contribution is -2.52. The minimum atomic E-state index is -1.39. The average molecular weight is 555 g/mol. The maximum Gasteiger partial charge on any atom is 0.252 e. The highest BCUT2D eigenvalue weighted by molar-refractivity contribution is 6.00. The number of aromatic hydroxyl groups is 1. The largest absolute Gasteiger partial charge is 0.508 e. The van der Waals surface area contributed by atoms with E-state index in [4.69, 9.17) is 0 Å². The van der Waals surface area contributed by atoms with Gasteiger partial charge in [0.2, 0.25) is 5.91 Å². The molecule has 0 saturated heterocycles. The van der Waals surface area contributed by atoms with E-state index in [1.165, 1.54) is 6.07 Å². The molecule has 4 N–H and O–H groups in total. The Morgan fingerprint density at radius 2 is 1.61 bits per heavy atom. The molecule has 4 unspecified atom stereocenters. The molecule has 2 aliphatic carbocycles. The van der Waals surface area contributed by atoms with Gasteiger partial charge in [0, 0.05) is 29.5 Å². The predicted molar refractivity (Wildman–Crippen MR) is 156 cm³/mol. The quantitative estimate of drug-likeness (QED) is 0.299. The monoisotopic (exact) mass is 554 g/mol. The van der Waals surface area contributed by atoms with E-state index in [1.807, 2.05) is 61.5 Å². The number of amides is 2. The van der Waals surface area contributed by atoms with Gasteiger partial charge in [-0.3, -0.25) is 14.4 Å². The first-order valence-electron chi connectivity index (χ1n) is 14.4. The molecule has 214 valence electrons. The SMILES string of the molecule is Cc1ccccc1CNC(=O)[C@@H]1C2CCC(C2)C1C(O)C(=O)[C@H](Cc1ccccc1)NC(=O)c1cccc(O)c1C. The number of phenols is 1. The summed E-state index contributed by atoms with van der Waals surface area (Å²) in [4.78, 5) is 40.8. The van der Waals surface area contributed by atoms with Gasteiger partial charge in [0.15, 0.2) is 5.78 Å². The third-order valence-corrected chi connectivity index (χ3v) is 9.14. The standard InChI is InChI=1S/C34H38N2O5/c1-20-9-6-7-12-25(20)19-35-34(41)30-24-16-15-23(18-24)29(30)32(39)31(38)27(17-22-10-4-3-5-11-22)36-33(40)26-13-8-14-28(37)21(26)2/h3-14,23-24,27,29-30,32,37,39H,15-19H2,1-2H3,(H,35,41)(H,36,40)/t23?,24?,27-,29?,30+,32?/m0/s1. The van der Waals surface area contributed by atoms with Crippen LogP contribution in [-0.4, -0.2) is 40.0 Å². The average Bonchev–Trinajstić information content (AvgIpc) is 3.60. The number of aliphatic hydroxyl groups excluding tert-OH is 1. The highest BCUT2D eigenvalue weighted by Gasteiger charge is 2.55. The summed E-state index contributed by atoms with van der Waals surface area (Å²) in [5.74, 6) is -1.89. The zero-order valence-corrected chi connectivity index (χ0v) is 23.5. The Morgan fingerprint density at radius 3 is 2.37 bits per heavy atom. The van der Waals surface area contributed by atoms with Gasteiger partial charge in [-0.25, -0.2) is 0 Å². The molecule has 0 spiro atoms. The van der Waals surface area contributed by atoms with Crippen molar-refractivity contribution in [3.8, 4) is 5.75 Å². The number of carbonyl (C=O) groups is 3. The van der Waals surface area contributed by atoms with Crippen LogP contribution in [0.15, 0.2) is 72.8 Å². The van der Waals surface area contributed by atoms with Crippen molar-refractivity contribution in [2.24, 2.45) is 23.7 Å². The van der Waals surface area contributed by atoms with E-state index in [2.05, 4.69) is 10.6 Å². The van der Waals surface area contributed by atoms with Crippen molar-refractivity contribution in [3.63, 3.8) is 0 Å². The summed E-state index contributed by atoms with van der Waals surface area (Å²) in [7, 11) is 0. The van der Waals surface area contributed by atoms with Gasteiger partial charge in [-0.2, -0.15) is 0 Å². The molecule has 7 nitrogen and oxygen atoms in total. The number of aryl methyl sites for hydroxylation is 1. The van der Waals surface area contributed by atoms with Crippen molar-refractivity contribution in [2.45, 2.75) is 58.2 Å². The lowest BCUT2D eigenvalue weighted by molar-refractivity contribution is -0.139. The number of ketones is 1. The van der Waals surface area contributed by atoms with Crippen LogP contribution in [-0.2, 0) is 22.6 Å². The van der Waals surface area contributed by atoms with E-state index >= 15 is 0 Å². The van der Waals surface area contributed by atoms with E-state index in [9.17, 15) is 24.6 Å². The first kappa shape index (κ1) is 28.6. The minimum absolute atomic E-state index is 0.00912. The summed E-state index contributed by atoms with van der Waals surface area (Å²) in [6.07, 6.45) is 1.41. The summed E-state index contributed by atoms with van der Waals surface area (Å²) in [6.45, 7) is 4.04. The highest BCUT2D eigenvalue weighted by Crippen LogP contribution is 2.53. The molecule has 0 aromatic heterocycles. The van der Waals surface area contributed by atoms with Gasteiger partial charge < -0.3 is 20.8 Å². The van der Waals surface area contributed by atoms with Crippen LogP contribution in [0.2, 0.25) is 0 Å². The zero-order chi connectivity index (χ0) is 29.1. The highest BCUT2D eigenvalue weighted by atomic mass is 16.3. The van der Waals surface area contributed by atoms with Crippen LogP contribution < -0.4 is 10.6 Å². The van der Waals surface area contributed by atoms with Crippen molar-refractivity contribution in [3.05, 3.63) is 101 Å². The molecule has 0 aliphatic heterocycles. The van der Waals surface area contributed by atoms with E-state index in [-0.39, 0.29) is 35.5 Å². The molecule has 2 aliphatic rings. The Labute approximate surface area is 241 Å². The lowest BCUT2D eigenvalue weighted by atomic mass is 9.73. The summed E-state index contributed by atoms with van der Waals surface area (Å²) in [5, 5.41) is 27.6. The van der Waals surface area contributed by atoms with Crippen molar-refractivity contribution in [1.82, 2.24) is 10.6 Å². The molecular formula is C34H38N2O5. The van der Waals surface area contributed by atoms with Gasteiger partial charge in [0.25, 0.3) is 5.91 Å².